The van der Waals surface area contributed by atoms with E-state index < -0.39 is 0 Å². The van der Waals surface area contributed by atoms with Gasteiger partial charge in [-0.25, -0.2) is 0 Å². The maximum absolute atomic E-state index is 12.8. The van der Waals surface area contributed by atoms with Gasteiger partial charge >= 0.3 is 0 Å². The first kappa shape index (κ1) is 15.6. The van der Waals surface area contributed by atoms with Gasteiger partial charge in [-0.1, -0.05) is 36.4 Å². The van der Waals surface area contributed by atoms with Crippen LogP contribution in [0.25, 0.3) is 10.8 Å². The minimum atomic E-state index is 0.136. The number of carbonyl (C=O) groups is 1. The zero-order valence-corrected chi connectivity index (χ0v) is 14.4. The van der Waals surface area contributed by atoms with Crippen LogP contribution in [0.2, 0.25) is 0 Å². The van der Waals surface area contributed by atoms with Crippen molar-refractivity contribution in [3.05, 3.63) is 48.0 Å². The van der Waals surface area contributed by atoms with Crippen molar-refractivity contribution in [3.63, 3.8) is 0 Å². The molecule has 0 bridgehead atoms. The van der Waals surface area contributed by atoms with Crippen molar-refractivity contribution in [1.82, 2.24) is 10.2 Å². The lowest BCUT2D eigenvalue weighted by Crippen LogP contribution is -2.41. The molecular formula is C21H26N2O. The molecule has 0 saturated heterocycles. The van der Waals surface area contributed by atoms with Crippen LogP contribution in [0.3, 0.4) is 0 Å². The Morgan fingerprint density at radius 3 is 2.58 bits per heavy atom. The number of hydrogen-bond acceptors (Lipinski definition) is 2. The maximum atomic E-state index is 12.8. The van der Waals surface area contributed by atoms with Gasteiger partial charge in [0.25, 0.3) is 0 Å². The van der Waals surface area contributed by atoms with Crippen LogP contribution in [0.1, 0.15) is 44.2 Å². The van der Waals surface area contributed by atoms with Gasteiger partial charge in [-0.2, -0.15) is 0 Å². The largest absolute Gasteiger partial charge is 0.332 e. The van der Waals surface area contributed by atoms with Gasteiger partial charge in [-0.3, -0.25) is 4.79 Å². The topological polar surface area (TPSA) is 32.3 Å². The molecule has 2 fully saturated rings. The number of carbonyl (C=O) groups excluding carboxylic acids is 1. The molecule has 0 aliphatic heterocycles. The van der Waals surface area contributed by atoms with Crippen molar-refractivity contribution in [2.75, 3.05) is 13.1 Å². The SMILES string of the molecule is CC(c1ccc2ccccc2c1)N(C(=O)CNCC1CC1)C1CC1. The molecule has 2 aliphatic carbocycles. The minimum Gasteiger partial charge on any atom is -0.332 e. The second kappa shape index (κ2) is 6.56. The van der Waals surface area contributed by atoms with E-state index >= 15 is 0 Å². The zero-order valence-electron chi connectivity index (χ0n) is 14.4. The van der Waals surface area contributed by atoms with Gasteiger partial charge in [0, 0.05) is 6.04 Å². The fraction of sp³-hybridized carbons (Fsp3) is 0.476. The highest BCUT2D eigenvalue weighted by Crippen LogP contribution is 2.35. The van der Waals surface area contributed by atoms with Gasteiger partial charge in [0.2, 0.25) is 5.91 Å². The maximum Gasteiger partial charge on any atom is 0.237 e. The summed E-state index contributed by atoms with van der Waals surface area (Å²) in [5.41, 5.74) is 1.23. The van der Waals surface area contributed by atoms with Crippen molar-refractivity contribution in [1.29, 1.82) is 0 Å². The molecule has 3 heteroatoms. The number of fused-ring (bicyclic) bond motifs is 1. The average Bonchev–Trinajstić information content (AvgIpc) is 3.49. The van der Waals surface area contributed by atoms with E-state index in [9.17, 15) is 4.79 Å². The molecule has 0 spiro atoms. The minimum absolute atomic E-state index is 0.136. The summed E-state index contributed by atoms with van der Waals surface area (Å²) in [6, 6.07) is 15.6. The van der Waals surface area contributed by atoms with Crippen LogP contribution in [-0.4, -0.2) is 29.9 Å². The molecule has 0 aromatic heterocycles. The van der Waals surface area contributed by atoms with Crippen molar-refractivity contribution >= 4 is 16.7 Å². The molecule has 2 aromatic carbocycles. The van der Waals surface area contributed by atoms with Crippen LogP contribution in [0.15, 0.2) is 42.5 Å². The third-order valence-electron chi connectivity index (χ3n) is 5.31. The molecule has 0 heterocycles. The summed E-state index contributed by atoms with van der Waals surface area (Å²) in [5, 5.41) is 5.86. The molecule has 0 radical (unpaired) electrons. The first-order chi connectivity index (χ1) is 11.7. The molecule has 1 atom stereocenters. The lowest BCUT2D eigenvalue weighted by Gasteiger charge is -2.30. The van der Waals surface area contributed by atoms with Crippen LogP contribution in [0, 0.1) is 5.92 Å². The lowest BCUT2D eigenvalue weighted by molar-refractivity contribution is -0.133. The van der Waals surface area contributed by atoms with Gasteiger partial charge in [0.15, 0.2) is 0 Å². The molecule has 1 N–H and O–H groups in total. The molecule has 2 saturated carbocycles. The Balaban J connectivity index is 1.49. The number of benzene rings is 2. The number of amides is 1. The van der Waals surface area contributed by atoms with Crippen LogP contribution >= 0.6 is 0 Å². The molecular weight excluding hydrogens is 296 g/mol. The summed E-state index contributed by atoms with van der Waals surface area (Å²) in [6.45, 7) is 3.64. The Morgan fingerprint density at radius 2 is 1.88 bits per heavy atom. The fourth-order valence-electron chi connectivity index (χ4n) is 3.51. The van der Waals surface area contributed by atoms with E-state index in [0.29, 0.717) is 12.6 Å². The molecule has 4 rings (SSSR count). The van der Waals surface area contributed by atoms with Gasteiger partial charge in [0.1, 0.15) is 0 Å². The lowest BCUT2D eigenvalue weighted by atomic mass is 10.0. The third kappa shape index (κ3) is 3.46. The third-order valence-corrected chi connectivity index (χ3v) is 5.31. The van der Waals surface area contributed by atoms with Crippen molar-refractivity contribution in [2.24, 2.45) is 5.92 Å². The van der Waals surface area contributed by atoms with Gasteiger partial charge in [-0.05, 0) is 67.5 Å². The Kier molecular flexibility index (Phi) is 4.28. The molecule has 2 aromatic rings. The molecule has 1 amide bonds. The average molecular weight is 322 g/mol. The summed E-state index contributed by atoms with van der Waals surface area (Å²) < 4.78 is 0. The monoisotopic (exact) mass is 322 g/mol. The van der Waals surface area contributed by atoms with Crippen molar-refractivity contribution in [3.8, 4) is 0 Å². The van der Waals surface area contributed by atoms with Crippen LogP contribution in [0.4, 0.5) is 0 Å². The summed E-state index contributed by atoms with van der Waals surface area (Å²) in [4.78, 5) is 14.9. The highest BCUT2D eigenvalue weighted by Gasteiger charge is 2.36. The van der Waals surface area contributed by atoms with E-state index in [1.165, 1.54) is 29.2 Å². The van der Waals surface area contributed by atoms with Crippen LogP contribution in [0.5, 0.6) is 0 Å². The molecule has 1 unspecified atom stereocenters. The van der Waals surface area contributed by atoms with Gasteiger partial charge in [0.05, 0.1) is 12.6 Å². The molecule has 2 aliphatic rings. The molecule has 24 heavy (non-hydrogen) atoms. The fourth-order valence-corrected chi connectivity index (χ4v) is 3.51. The van der Waals surface area contributed by atoms with E-state index in [2.05, 4.69) is 59.6 Å². The van der Waals surface area contributed by atoms with E-state index in [1.807, 2.05) is 0 Å². The Labute approximate surface area is 144 Å². The second-order valence-electron chi connectivity index (χ2n) is 7.39. The Bertz CT molecular complexity index is 733. The standard InChI is InChI=1S/C21H26N2O/c1-15(18-9-8-17-4-2-3-5-19(17)12-18)23(20-10-11-20)21(24)14-22-13-16-6-7-16/h2-5,8-9,12,15-16,20,22H,6-7,10-11,13-14H2,1H3. The van der Waals surface area contributed by atoms with Gasteiger partial charge in [-0.15, -0.1) is 0 Å². The number of hydrogen-bond donors (Lipinski definition) is 1. The quantitative estimate of drug-likeness (QED) is 0.839. The number of rotatable bonds is 7. The summed E-state index contributed by atoms with van der Waals surface area (Å²) in [7, 11) is 0. The summed E-state index contributed by atoms with van der Waals surface area (Å²) in [6.07, 6.45) is 4.93. The molecule has 126 valence electrons. The van der Waals surface area contributed by atoms with Crippen LogP contribution < -0.4 is 5.32 Å². The molecule has 3 nitrogen and oxygen atoms in total. The van der Waals surface area contributed by atoms with E-state index in [4.69, 9.17) is 0 Å². The predicted octanol–water partition coefficient (Wildman–Crippen LogP) is 3.89. The first-order valence-corrected chi connectivity index (χ1v) is 9.23. The van der Waals surface area contributed by atoms with Gasteiger partial charge < -0.3 is 10.2 Å². The zero-order chi connectivity index (χ0) is 16.5. The normalized spacial score (nSPS) is 18.5. The van der Waals surface area contributed by atoms with E-state index in [1.54, 1.807) is 0 Å². The Morgan fingerprint density at radius 1 is 1.12 bits per heavy atom. The summed E-state index contributed by atoms with van der Waals surface area (Å²) >= 11 is 0. The smallest absolute Gasteiger partial charge is 0.237 e. The van der Waals surface area contributed by atoms with Crippen molar-refractivity contribution < 1.29 is 4.79 Å². The second-order valence-corrected chi connectivity index (χ2v) is 7.39. The Hall–Kier alpha value is -1.87. The first-order valence-electron chi connectivity index (χ1n) is 9.23. The van der Waals surface area contributed by atoms with E-state index in [0.717, 1.165) is 25.3 Å². The summed E-state index contributed by atoms with van der Waals surface area (Å²) in [5.74, 6) is 1.06. The predicted molar refractivity (Wildman–Crippen MR) is 97.8 cm³/mol. The number of nitrogens with zero attached hydrogens (tertiary/aromatic N) is 1. The number of nitrogens with one attached hydrogen (secondary N) is 1. The van der Waals surface area contributed by atoms with Crippen molar-refractivity contribution in [2.45, 2.75) is 44.7 Å². The van der Waals surface area contributed by atoms with Crippen LogP contribution in [-0.2, 0) is 4.79 Å². The highest BCUT2D eigenvalue weighted by atomic mass is 16.2. The highest BCUT2D eigenvalue weighted by molar-refractivity contribution is 5.84. The van der Waals surface area contributed by atoms with E-state index in [-0.39, 0.29) is 11.9 Å².